The van der Waals surface area contributed by atoms with Crippen LogP contribution in [0.1, 0.15) is 46.0 Å². The van der Waals surface area contributed by atoms with Crippen LogP contribution in [0.25, 0.3) is 0 Å². The van der Waals surface area contributed by atoms with E-state index in [2.05, 4.69) is 0 Å². The topological polar surface area (TPSA) is 69.7 Å². The second-order valence-corrected chi connectivity index (χ2v) is 5.44. The van der Waals surface area contributed by atoms with Crippen molar-refractivity contribution in [2.45, 2.75) is 51.7 Å². The van der Waals surface area contributed by atoms with Crippen LogP contribution in [0, 0.1) is 11.8 Å². The molecule has 0 N–H and O–H groups in total. The van der Waals surface area contributed by atoms with Gasteiger partial charge in [-0.25, -0.2) is 0 Å². The van der Waals surface area contributed by atoms with Gasteiger partial charge in [-0.1, -0.05) is 6.42 Å². The zero-order valence-electron chi connectivity index (χ0n) is 10.7. The fourth-order valence-corrected chi connectivity index (χ4v) is 2.53. The standard InChI is InChI=1S/C13H18O5/c1-13(2)17-11(15)9(12(16)18-13)7-8-5-3-4-6-10(8)14/h8-9H,3-7H2,1-2H3. The molecule has 2 aliphatic rings. The Morgan fingerprint density at radius 3 is 2.28 bits per heavy atom. The van der Waals surface area contributed by atoms with Crippen LogP contribution in [0.2, 0.25) is 0 Å². The lowest BCUT2D eigenvalue weighted by molar-refractivity contribution is -0.240. The second-order valence-electron chi connectivity index (χ2n) is 5.44. The summed E-state index contributed by atoms with van der Waals surface area (Å²) in [4.78, 5) is 35.2. The largest absolute Gasteiger partial charge is 0.422 e. The lowest BCUT2D eigenvalue weighted by Crippen LogP contribution is -2.47. The summed E-state index contributed by atoms with van der Waals surface area (Å²) in [5, 5.41) is 0. The minimum atomic E-state index is -1.19. The number of rotatable bonds is 2. The van der Waals surface area contributed by atoms with E-state index in [1.807, 2.05) is 0 Å². The lowest BCUT2D eigenvalue weighted by Gasteiger charge is -2.34. The molecule has 5 heteroatoms. The van der Waals surface area contributed by atoms with Crippen LogP contribution in [0.4, 0.5) is 0 Å². The number of carbonyl (C=O) groups excluding carboxylic acids is 3. The summed E-state index contributed by atoms with van der Waals surface area (Å²) >= 11 is 0. The van der Waals surface area contributed by atoms with Crippen molar-refractivity contribution in [1.29, 1.82) is 0 Å². The van der Waals surface area contributed by atoms with Crippen LogP contribution < -0.4 is 0 Å². The van der Waals surface area contributed by atoms with Gasteiger partial charge < -0.3 is 9.47 Å². The van der Waals surface area contributed by atoms with E-state index in [0.29, 0.717) is 6.42 Å². The highest BCUT2D eigenvalue weighted by Gasteiger charge is 2.44. The molecule has 1 saturated heterocycles. The molecule has 1 unspecified atom stereocenters. The Labute approximate surface area is 106 Å². The summed E-state index contributed by atoms with van der Waals surface area (Å²) in [6, 6.07) is 0. The van der Waals surface area contributed by atoms with Crippen molar-refractivity contribution >= 4 is 17.7 Å². The van der Waals surface area contributed by atoms with Crippen LogP contribution in [0.5, 0.6) is 0 Å². The molecule has 1 saturated carbocycles. The van der Waals surface area contributed by atoms with Crippen molar-refractivity contribution in [2.24, 2.45) is 11.8 Å². The highest BCUT2D eigenvalue weighted by Crippen LogP contribution is 2.31. The highest BCUT2D eigenvalue weighted by atomic mass is 16.7. The Kier molecular flexibility index (Phi) is 3.41. The maximum Gasteiger partial charge on any atom is 0.323 e. The summed E-state index contributed by atoms with van der Waals surface area (Å²) in [5.74, 6) is -3.34. The van der Waals surface area contributed by atoms with Gasteiger partial charge in [0, 0.05) is 26.2 Å². The number of hydrogen-bond donors (Lipinski definition) is 0. The van der Waals surface area contributed by atoms with Crippen LogP contribution >= 0.6 is 0 Å². The molecule has 0 aromatic heterocycles. The van der Waals surface area contributed by atoms with E-state index < -0.39 is 23.6 Å². The number of hydrogen-bond acceptors (Lipinski definition) is 5. The molecule has 1 aliphatic carbocycles. The fraction of sp³-hybridized carbons (Fsp3) is 0.769. The van der Waals surface area contributed by atoms with E-state index in [1.165, 1.54) is 13.8 Å². The molecule has 0 bridgehead atoms. The van der Waals surface area contributed by atoms with Crippen molar-refractivity contribution in [3.63, 3.8) is 0 Å². The molecular weight excluding hydrogens is 236 g/mol. The summed E-state index contributed by atoms with van der Waals surface area (Å²) < 4.78 is 10.1. The molecule has 0 aromatic carbocycles. The molecular formula is C13H18O5. The molecule has 100 valence electrons. The Hall–Kier alpha value is -1.39. The smallest absolute Gasteiger partial charge is 0.323 e. The van der Waals surface area contributed by atoms with E-state index in [9.17, 15) is 14.4 Å². The van der Waals surface area contributed by atoms with Crippen LogP contribution in [0.15, 0.2) is 0 Å². The minimum absolute atomic E-state index is 0.145. The minimum Gasteiger partial charge on any atom is -0.422 e. The summed E-state index contributed by atoms with van der Waals surface area (Å²) in [5.41, 5.74) is 0. The van der Waals surface area contributed by atoms with Gasteiger partial charge >= 0.3 is 11.9 Å². The van der Waals surface area contributed by atoms with Crippen LogP contribution in [-0.4, -0.2) is 23.5 Å². The average molecular weight is 254 g/mol. The van der Waals surface area contributed by atoms with Crippen LogP contribution in [0.3, 0.4) is 0 Å². The summed E-state index contributed by atoms with van der Waals surface area (Å²) in [6.07, 6.45) is 3.40. The van der Waals surface area contributed by atoms with Crippen molar-refractivity contribution in [1.82, 2.24) is 0 Å². The first-order valence-electron chi connectivity index (χ1n) is 6.37. The first kappa shape index (κ1) is 13.1. The number of ether oxygens (including phenoxy) is 2. The number of ketones is 1. The summed E-state index contributed by atoms with van der Waals surface area (Å²) in [7, 11) is 0. The molecule has 2 fully saturated rings. The van der Waals surface area contributed by atoms with E-state index in [-0.39, 0.29) is 18.1 Å². The molecule has 2 rings (SSSR count). The highest BCUT2D eigenvalue weighted by molar-refractivity contribution is 5.97. The third-order valence-electron chi connectivity index (χ3n) is 3.46. The van der Waals surface area contributed by atoms with Gasteiger partial charge in [0.15, 0.2) is 5.92 Å². The van der Waals surface area contributed by atoms with Gasteiger partial charge in [-0.2, -0.15) is 0 Å². The Morgan fingerprint density at radius 2 is 1.72 bits per heavy atom. The molecule has 1 aliphatic heterocycles. The van der Waals surface area contributed by atoms with Gasteiger partial charge in [-0.05, 0) is 19.3 Å². The maximum atomic E-state index is 11.8. The van der Waals surface area contributed by atoms with Crippen molar-refractivity contribution in [3.05, 3.63) is 0 Å². The summed E-state index contributed by atoms with van der Waals surface area (Å²) in [6.45, 7) is 3.04. The molecule has 1 atom stereocenters. The fourth-order valence-electron chi connectivity index (χ4n) is 2.53. The Bertz CT molecular complexity index is 365. The van der Waals surface area contributed by atoms with Gasteiger partial charge in [0.2, 0.25) is 0 Å². The second kappa shape index (κ2) is 4.71. The number of esters is 2. The molecule has 5 nitrogen and oxygen atoms in total. The average Bonchev–Trinajstić information content (AvgIpc) is 2.24. The van der Waals surface area contributed by atoms with Crippen molar-refractivity contribution in [3.8, 4) is 0 Å². The van der Waals surface area contributed by atoms with E-state index in [4.69, 9.17) is 9.47 Å². The molecule has 0 amide bonds. The zero-order chi connectivity index (χ0) is 13.3. The number of cyclic esters (lactones) is 2. The third kappa shape index (κ3) is 2.71. The number of Topliss-reactive ketones (excluding diaryl/α,β-unsaturated/α-hetero) is 1. The van der Waals surface area contributed by atoms with E-state index >= 15 is 0 Å². The quantitative estimate of drug-likeness (QED) is 0.553. The monoisotopic (exact) mass is 254 g/mol. The van der Waals surface area contributed by atoms with Crippen LogP contribution in [-0.2, 0) is 23.9 Å². The van der Waals surface area contributed by atoms with Gasteiger partial charge in [0.05, 0.1) is 0 Å². The maximum absolute atomic E-state index is 11.8. The zero-order valence-corrected chi connectivity index (χ0v) is 10.7. The first-order chi connectivity index (χ1) is 8.39. The molecule has 0 spiro atoms. The molecule has 18 heavy (non-hydrogen) atoms. The Morgan fingerprint density at radius 1 is 1.11 bits per heavy atom. The SMILES string of the molecule is CC1(C)OC(=O)C(CC2CCCCC2=O)C(=O)O1. The van der Waals surface area contributed by atoms with Gasteiger partial charge in [0.25, 0.3) is 5.79 Å². The van der Waals surface area contributed by atoms with Gasteiger partial charge in [-0.15, -0.1) is 0 Å². The molecule has 1 heterocycles. The lowest BCUT2D eigenvalue weighted by atomic mass is 9.81. The Balaban J connectivity index is 2.02. The first-order valence-corrected chi connectivity index (χ1v) is 6.37. The van der Waals surface area contributed by atoms with Crippen molar-refractivity contribution in [2.75, 3.05) is 0 Å². The van der Waals surface area contributed by atoms with Crippen molar-refractivity contribution < 1.29 is 23.9 Å². The molecule has 0 aromatic rings. The predicted octanol–water partition coefficient (Wildman–Crippen LogP) is 1.59. The van der Waals surface area contributed by atoms with E-state index in [1.54, 1.807) is 0 Å². The number of carbonyl (C=O) groups is 3. The van der Waals surface area contributed by atoms with Gasteiger partial charge in [-0.3, -0.25) is 14.4 Å². The van der Waals surface area contributed by atoms with Gasteiger partial charge in [0.1, 0.15) is 5.78 Å². The normalized spacial score (nSPS) is 28.8. The van der Waals surface area contributed by atoms with E-state index in [0.717, 1.165) is 19.3 Å². The predicted molar refractivity (Wildman–Crippen MR) is 61.3 cm³/mol. The molecule has 0 radical (unpaired) electrons. The third-order valence-corrected chi connectivity index (χ3v) is 3.46.